The van der Waals surface area contributed by atoms with Crippen LogP contribution < -0.4 is 5.56 Å². The van der Waals surface area contributed by atoms with Crippen molar-refractivity contribution in [3.63, 3.8) is 0 Å². The van der Waals surface area contributed by atoms with Gasteiger partial charge in [-0.2, -0.15) is 0 Å². The molecular formula is C12H17BrN2O. The van der Waals surface area contributed by atoms with Crippen LogP contribution in [0.1, 0.15) is 50.8 Å². The van der Waals surface area contributed by atoms with Gasteiger partial charge >= 0.3 is 0 Å². The number of nitrogens with one attached hydrogen (secondary N) is 1. The Hall–Kier alpha value is -0.640. The van der Waals surface area contributed by atoms with E-state index in [4.69, 9.17) is 0 Å². The second-order valence-electron chi connectivity index (χ2n) is 4.57. The number of rotatable bonds is 2. The van der Waals surface area contributed by atoms with Gasteiger partial charge in [0.1, 0.15) is 10.3 Å². The van der Waals surface area contributed by atoms with Gasteiger partial charge in [-0.1, -0.05) is 13.3 Å². The smallest absolute Gasteiger partial charge is 0.265 e. The zero-order valence-electron chi connectivity index (χ0n) is 9.50. The van der Waals surface area contributed by atoms with E-state index in [1.165, 1.54) is 19.3 Å². The van der Waals surface area contributed by atoms with Crippen molar-refractivity contribution in [1.82, 2.24) is 9.97 Å². The minimum atomic E-state index is -0.0670. The van der Waals surface area contributed by atoms with Gasteiger partial charge in [0.25, 0.3) is 5.56 Å². The van der Waals surface area contributed by atoms with Crippen LogP contribution in [0.3, 0.4) is 0 Å². The van der Waals surface area contributed by atoms with Gasteiger partial charge in [-0.05, 0) is 47.5 Å². The number of halogens is 1. The summed E-state index contributed by atoms with van der Waals surface area (Å²) in [5.41, 5.74) is -0.0670. The minimum absolute atomic E-state index is 0.0670. The number of H-pyrrole nitrogens is 1. The van der Waals surface area contributed by atoms with Crippen LogP contribution >= 0.6 is 15.9 Å². The lowest BCUT2D eigenvalue weighted by Gasteiger charge is -2.26. The predicted molar refractivity (Wildman–Crippen MR) is 67.5 cm³/mol. The summed E-state index contributed by atoms with van der Waals surface area (Å²) in [7, 11) is 0. The summed E-state index contributed by atoms with van der Waals surface area (Å²) >= 11 is 3.17. The molecule has 0 radical (unpaired) electrons. The molecule has 1 aliphatic carbocycles. The summed E-state index contributed by atoms with van der Waals surface area (Å²) in [6.45, 7) is 2.25. The first-order valence-electron chi connectivity index (χ1n) is 5.95. The summed E-state index contributed by atoms with van der Waals surface area (Å²) in [6.07, 6.45) is 7.73. The van der Waals surface area contributed by atoms with Crippen molar-refractivity contribution in [3.05, 3.63) is 26.8 Å². The molecule has 88 valence electrons. The van der Waals surface area contributed by atoms with Crippen LogP contribution in [-0.2, 0) is 0 Å². The van der Waals surface area contributed by atoms with E-state index in [-0.39, 0.29) is 5.56 Å². The molecule has 0 amide bonds. The molecule has 1 aromatic heterocycles. The van der Waals surface area contributed by atoms with Crippen molar-refractivity contribution in [1.29, 1.82) is 0 Å². The lowest BCUT2D eigenvalue weighted by atomic mass is 9.80. The fourth-order valence-corrected chi connectivity index (χ4v) is 2.65. The molecule has 0 bridgehead atoms. The molecule has 1 aliphatic rings. The molecule has 1 aromatic rings. The van der Waals surface area contributed by atoms with Crippen LogP contribution in [0.25, 0.3) is 0 Å². The molecule has 0 aromatic carbocycles. The molecule has 0 atom stereocenters. The normalized spacial score (nSPS) is 25.6. The Morgan fingerprint density at radius 1 is 1.44 bits per heavy atom. The van der Waals surface area contributed by atoms with Crippen molar-refractivity contribution in [2.24, 2.45) is 5.92 Å². The fourth-order valence-electron chi connectivity index (χ4n) is 2.44. The largest absolute Gasteiger partial charge is 0.309 e. The number of hydrogen-bond acceptors (Lipinski definition) is 2. The van der Waals surface area contributed by atoms with Crippen LogP contribution in [0, 0.1) is 5.92 Å². The quantitative estimate of drug-likeness (QED) is 0.906. The third-order valence-corrected chi connectivity index (χ3v) is 4.15. The van der Waals surface area contributed by atoms with Crippen LogP contribution in [-0.4, -0.2) is 9.97 Å². The van der Waals surface area contributed by atoms with Crippen LogP contribution in [0.4, 0.5) is 0 Å². The molecule has 1 N–H and O–H groups in total. The minimum Gasteiger partial charge on any atom is -0.309 e. The molecule has 0 unspecified atom stereocenters. The number of nitrogens with zero attached hydrogens (tertiary/aromatic N) is 1. The van der Waals surface area contributed by atoms with Crippen LogP contribution in [0.15, 0.2) is 15.5 Å². The summed E-state index contributed by atoms with van der Waals surface area (Å²) in [5.74, 6) is 2.18. The van der Waals surface area contributed by atoms with E-state index in [1.54, 1.807) is 6.20 Å². The third kappa shape index (κ3) is 2.54. The Morgan fingerprint density at radius 3 is 2.69 bits per heavy atom. The van der Waals surface area contributed by atoms with Gasteiger partial charge in [-0.3, -0.25) is 4.79 Å². The number of aromatic amines is 1. The van der Waals surface area contributed by atoms with Crippen molar-refractivity contribution >= 4 is 15.9 Å². The van der Waals surface area contributed by atoms with E-state index >= 15 is 0 Å². The molecule has 1 saturated carbocycles. The fraction of sp³-hybridized carbons (Fsp3) is 0.667. The molecule has 0 spiro atoms. The highest BCUT2D eigenvalue weighted by Gasteiger charge is 2.22. The molecule has 2 rings (SSSR count). The first-order valence-corrected chi connectivity index (χ1v) is 6.74. The van der Waals surface area contributed by atoms with E-state index in [0.717, 1.165) is 24.6 Å². The average Bonchev–Trinajstić information content (AvgIpc) is 2.33. The standard InChI is InChI=1S/C12H17BrN2O/c1-2-8-3-5-9(6-4-8)11-14-7-10(13)12(16)15-11/h7-9H,2-6H2,1H3,(H,14,15,16). The van der Waals surface area contributed by atoms with E-state index in [0.29, 0.717) is 10.4 Å². The highest BCUT2D eigenvalue weighted by molar-refractivity contribution is 9.10. The summed E-state index contributed by atoms with van der Waals surface area (Å²) in [6, 6.07) is 0. The van der Waals surface area contributed by atoms with Gasteiger partial charge in [-0.15, -0.1) is 0 Å². The van der Waals surface area contributed by atoms with Gasteiger partial charge in [0, 0.05) is 12.1 Å². The predicted octanol–water partition coefficient (Wildman–Crippen LogP) is 3.22. The summed E-state index contributed by atoms with van der Waals surface area (Å²) in [5, 5.41) is 0. The van der Waals surface area contributed by atoms with E-state index in [2.05, 4.69) is 32.8 Å². The maximum atomic E-state index is 11.5. The monoisotopic (exact) mass is 284 g/mol. The lowest BCUT2D eigenvalue weighted by Crippen LogP contribution is -2.19. The highest BCUT2D eigenvalue weighted by atomic mass is 79.9. The Labute approximate surface area is 104 Å². The first kappa shape index (κ1) is 11.8. The van der Waals surface area contributed by atoms with E-state index < -0.39 is 0 Å². The zero-order valence-corrected chi connectivity index (χ0v) is 11.1. The van der Waals surface area contributed by atoms with Crippen molar-refractivity contribution in [2.75, 3.05) is 0 Å². The Balaban J connectivity index is 2.08. The van der Waals surface area contributed by atoms with Gasteiger partial charge in [0.15, 0.2) is 0 Å². The topological polar surface area (TPSA) is 45.8 Å². The van der Waals surface area contributed by atoms with Gasteiger partial charge in [-0.25, -0.2) is 4.98 Å². The van der Waals surface area contributed by atoms with Crippen molar-refractivity contribution < 1.29 is 0 Å². The Kier molecular flexibility index (Phi) is 3.79. The Bertz CT molecular complexity index is 408. The lowest BCUT2D eigenvalue weighted by molar-refractivity contribution is 0.312. The van der Waals surface area contributed by atoms with E-state index in [9.17, 15) is 4.79 Å². The molecular weight excluding hydrogens is 268 g/mol. The van der Waals surface area contributed by atoms with Crippen LogP contribution in [0.5, 0.6) is 0 Å². The van der Waals surface area contributed by atoms with Gasteiger partial charge < -0.3 is 4.98 Å². The molecule has 1 heterocycles. The van der Waals surface area contributed by atoms with Crippen molar-refractivity contribution in [3.8, 4) is 0 Å². The van der Waals surface area contributed by atoms with E-state index in [1.807, 2.05) is 0 Å². The SMILES string of the molecule is CCC1CCC(c2ncc(Br)c(=O)[nH]2)CC1. The molecule has 0 aliphatic heterocycles. The summed E-state index contributed by atoms with van der Waals surface area (Å²) < 4.78 is 0.512. The zero-order chi connectivity index (χ0) is 11.5. The second-order valence-corrected chi connectivity index (χ2v) is 5.43. The van der Waals surface area contributed by atoms with Crippen molar-refractivity contribution in [2.45, 2.75) is 44.9 Å². The number of hydrogen-bond donors (Lipinski definition) is 1. The molecule has 4 heteroatoms. The average molecular weight is 285 g/mol. The Morgan fingerprint density at radius 2 is 2.12 bits per heavy atom. The third-order valence-electron chi connectivity index (χ3n) is 3.59. The number of aromatic nitrogens is 2. The first-order chi connectivity index (χ1) is 7.70. The maximum absolute atomic E-state index is 11.5. The van der Waals surface area contributed by atoms with Crippen LogP contribution in [0.2, 0.25) is 0 Å². The van der Waals surface area contributed by atoms with Gasteiger partial charge in [0.2, 0.25) is 0 Å². The van der Waals surface area contributed by atoms with Gasteiger partial charge in [0.05, 0.1) is 0 Å². The second kappa shape index (κ2) is 5.13. The molecule has 0 saturated heterocycles. The molecule has 16 heavy (non-hydrogen) atoms. The molecule has 1 fully saturated rings. The molecule has 3 nitrogen and oxygen atoms in total. The summed E-state index contributed by atoms with van der Waals surface area (Å²) in [4.78, 5) is 18.6. The highest BCUT2D eigenvalue weighted by Crippen LogP contribution is 2.35. The maximum Gasteiger partial charge on any atom is 0.265 e.